The Labute approximate surface area is 100.0 Å². The number of hydrogen-bond donors (Lipinski definition) is 2. The third kappa shape index (κ3) is 4.48. The molecular weight excluding hydrogens is 222 g/mol. The molecule has 1 aromatic rings. The van der Waals surface area contributed by atoms with Crippen LogP contribution in [0.15, 0.2) is 6.20 Å². The molecule has 0 aliphatic rings. The van der Waals surface area contributed by atoms with E-state index in [-0.39, 0.29) is 6.61 Å². The summed E-state index contributed by atoms with van der Waals surface area (Å²) in [5, 5.41) is 28.5. The fraction of sp³-hybridized carbons (Fsp3) is 0.700. The van der Waals surface area contributed by atoms with Gasteiger partial charge in [-0.2, -0.15) is 5.26 Å². The first-order valence-corrected chi connectivity index (χ1v) is 5.44. The van der Waals surface area contributed by atoms with E-state index < -0.39 is 6.04 Å². The molecule has 7 nitrogen and oxygen atoms in total. The van der Waals surface area contributed by atoms with Crippen LogP contribution in [0.2, 0.25) is 0 Å². The summed E-state index contributed by atoms with van der Waals surface area (Å²) < 4.78 is 6.51. The molecular formula is C10H17N5O2. The Balaban J connectivity index is 2.51. The quantitative estimate of drug-likeness (QED) is 0.591. The van der Waals surface area contributed by atoms with Crippen LogP contribution in [0.1, 0.15) is 18.2 Å². The molecule has 0 aliphatic heterocycles. The van der Waals surface area contributed by atoms with Gasteiger partial charge in [0.05, 0.1) is 18.9 Å². The van der Waals surface area contributed by atoms with Gasteiger partial charge >= 0.3 is 0 Å². The van der Waals surface area contributed by atoms with Crippen molar-refractivity contribution < 1.29 is 9.84 Å². The van der Waals surface area contributed by atoms with E-state index in [9.17, 15) is 0 Å². The maximum atomic E-state index is 8.99. The first kappa shape index (κ1) is 13.6. The zero-order chi connectivity index (χ0) is 12.5. The van der Waals surface area contributed by atoms with Crippen molar-refractivity contribution in [2.75, 3.05) is 26.9 Å². The van der Waals surface area contributed by atoms with Crippen LogP contribution in [0.3, 0.4) is 0 Å². The summed E-state index contributed by atoms with van der Waals surface area (Å²) in [7, 11) is 1.61. The monoisotopic (exact) mass is 239 g/mol. The SMILES string of the molecule is COCCNC(C#N)c1cn(CCCO)nn1. The largest absolute Gasteiger partial charge is 0.396 e. The van der Waals surface area contributed by atoms with Gasteiger partial charge in [0.2, 0.25) is 0 Å². The van der Waals surface area contributed by atoms with Crippen molar-refractivity contribution in [2.24, 2.45) is 0 Å². The molecule has 1 atom stereocenters. The van der Waals surface area contributed by atoms with Crippen LogP contribution in [0.25, 0.3) is 0 Å². The zero-order valence-electron chi connectivity index (χ0n) is 9.83. The van der Waals surface area contributed by atoms with Crippen LogP contribution >= 0.6 is 0 Å². The summed E-state index contributed by atoms with van der Waals surface area (Å²) in [5.74, 6) is 0. The number of rotatable bonds is 8. The van der Waals surface area contributed by atoms with Gasteiger partial charge in [-0.1, -0.05) is 5.21 Å². The molecule has 17 heavy (non-hydrogen) atoms. The van der Waals surface area contributed by atoms with E-state index in [1.54, 1.807) is 18.0 Å². The minimum atomic E-state index is -0.479. The molecule has 0 fully saturated rings. The van der Waals surface area contributed by atoms with Gasteiger partial charge < -0.3 is 9.84 Å². The summed E-state index contributed by atoms with van der Waals surface area (Å²) in [6, 6.07) is 1.64. The Morgan fingerprint density at radius 3 is 3.18 bits per heavy atom. The number of aliphatic hydroxyl groups excluding tert-OH is 1. The number of aromatic nitrogens is 3. The number of nitrogens with zero attached hydrogens (tertiary/aromatic N) is 4. The summed E-state index contributed by atoms with van der Waals surface area (Å²) in [6.07, 6.45) is 2.33. The first-order valence-electron chi connectivity index (χ1n) is 5.44. The standard InChI is InChI=1S/C10H17N5O2/c1-17-6-3-12-9(7-11)10-8-15(14-13-10)4-2-5-16/h8-9,12,16H,2-6H2,1H3. The van der Waals surface area contributed by atoms with Gasteiger partial charge in [-0.15, -0.1) is 5.10 Å². The second kappa shape index (κ2) is 7.73. The highest BCUT2D eigenvalue weighted by atomic mass is 16.5. The lowest BCUT2D eigenvalue weighted by molar-refractivity contribution is 0.197. The summed E-state index contributed by atoms with van der Waals surface area (Å²) in [5.41, 5.74) is 0.585. The van der Waals surface area contributed by atoms with Gasteiger partial charge in [-0.05, 0) is 6.42 Å². The van der Waals surface area contributed by atoms with Gasteiger partial charge in [0.25, 0.3) is 0 Å². The molecule has 0 spiro atoms. The van der Waals surface area contributed by atoms with Gasteiger partial charge in [-0.25, -0.2) is 0 Å². The minimum absolute atomic E-state index is 0.114. The van der Waals surface area contributed by atoms with Crippen molar-refractivity contribution in [3.05, 3.63) is 11.9 Å². The maximum absolute atomic E-state index is 8.99. The number of aliphatic hydroxyl groups is 1. The van der Waals surface area contributed by atoms with Crippen molar-refractivity contribution in [3.63, 3.8) is 0 Å². The number of ether oxygens (including phenoxy) is 1. The first-order chi connectivity index (χ1) is 8.31. The molecule has 0 aromatic carbocycles. The van der Waals surface area contributed by atoms with Gasteiger partial charge in [-0.3, -0.25) is 10.00 Å². The van der Waals surface area contributed by atoms with E-state index in [0.29, 0.717) is 31.8 Å². The predicted octanol–water partition coefficient (Wildman–Crippen LogP) is -0.539. The average Bonchev–Trinajstić information content (AvgIpc) is 2.81. The van der Waals surface area contributed by atoms with Crippen LogP contribution in [-0.2, 0) is 11.3 Å². The lowest BCUT2D eigenvalue weighted by Gasteiger charge is -2.07. The maximum Gasteiger partial charge on any atom is 0.142 e. The Morgan fingerprint density at radius 2 is 2.53 bits per heavy atom. The van der Waals surface area contributed by atoms with Crippen LogP contribution in [0, 0.1) is 11.3 Å². The highest BCUT2D eigenvalue weighted by Crippen LogP contribution is 2.07. The predicted molar refractivity (Wildman–Crippen MR) is 60.0 cm³/mol. The second-order valence-electron chi connectivity index (χ2n) is 3.49. The Morgan fingerprint density at radius 1 is 1.71 bits per heavy atom. The Bertz CT molecular complexity index is 360. The molecule has 1 aromatic heterocycles. The minimum Gasteiger partial charge on any atom is -0.396 e. The van der Waals surface area contributed by atoms with Crippen molar-refractivity contribution in [2.45, 2.75) is 19.0 Å². The molecule has 0 radical (unpaired) electrons. The number of nitriles is 1. The number of methoxy groups -OCH3 is 1. The lowest BCUT2D eigenvalue weighted by Crippen LogP contribution is -2.24. The molecule has 0 aliphatic carbocycles. The van der Waals surface area contributed by atoms with Crippen LogP contribution in [-0.4, -0.2) is 47.0 Å². The summed E-state index contributed by atoms with van der Waals surface area (Å²) in [6.45, 7) is 1.83. The summed E-state index contributed by atoms with van der Waals surface area (Å²) in [4.78, 5) is 0. The van der Waals surface area contributed by atoms with Crippen LogP contribution in [0.4, 0.5) is 0 Å². The van der Waals surface area contributed by atoms with Gasteiger partial charge in [0.15, 0.2) is 0 Å². The Hall–Kier alpha value is -1.49. The van der Waals surface area contributed by atoms with Crippen LogP contribution < -0.4 is 5.32 Å². The topological polar surface area (TPSA) is 96.0 Å². The van der Waals surface area contributed by atoms with E-state index in [1.807, 2.05) is 0 Å². The van der Waals surface area contributed by atoms with E-state index >= 15 is 0 Å². The number of nitrogens with one attached hydrogen (secondary N) is 1. The lowest BCUT2D eigenvalue weighted by atomic mass is 10.2. The van der Waals surface area contributed by atoms with E-state index in [4.69, 9.17) is 15.1 Å². The van der Waals surface area contributed by atoms with E-state index in [1.165, 1.54) is 0 Å². The van der Waals surface area contributed by atoms with Crippen molar-refractivity contribution in [3.8, 4) is 6.07 Å². The van der Waals surface area contributed by atoms with Crippen molar-refractivity contribution in [1.29, 1.82) is 5.26 Å². The number of hydrogen-bond acceptors (Lipinski definition) is 6. The molecule has 0 bridgehead atoms. The normalized spacial score (nSPS) is 12.3. The zero-order valence-corrected chi connectivity index (χ0v) is 9.83. The molecule has 1 rings (SSSR count). The molecule has 1 unspecified atom stereocenters. The van der Waals surface area contributed by atoms with E-state index in [0.717, 1.165) is 0 Å². The average molecular weight is 239 g/mol. The number of aryl methyl sites for hydroxylation is 1. The third-order valence-electron chi connectivity index (χ3n) is 2.18. The molecule has 0 saturated carbocycles. The van der Waals surface area contributed by atoms with Crippen molar-refractivity contribution >= 4 is 0 Å². The molecule has 0 amide bonds. The fourth-order valence-corrected chi connectivity index (χ4v) is 1.31. The second-order valence-corrected chi connectivity index (χ2v) is 3.49. The fourth-order valence-electron chi connectivity index (χ4n) is 1.31. The summed E-state index contributed by atoms with van der Waals surface area (Å²) >= 11 is 0. The van der Waals surface area contributed by atoms with Crippen LogP contribution in [0.5, 0.6) is 0 Å². The molecule has 94 valence electrons. The molecule has 1 heterocycles. The molecule has 7 heteroatoms. The highest BCUT2D eigenvalue weighted by Gasteiger charge is 2.13. The highest BCUT2D eigenvalue weighted by molar-refractivity contribution is 5.10. The smallest absolute Gasteiger partial charge is 0.142 e. The van der Waals surface area contributed by atoms with E-state index in [2.05, 4.69) is 21.7 Å². The van der Waals surface area contributed by atoms with Gasteiger partial charge in [0, 0.05) is 26.8 Å². The third-order valence-corrected chi connectivity index (χ3v) is 2.18. The van der Waals surface area contributed by atoms with Gasteiger partial charge in [0.1, 0.15) is 11.7 Å². The Kier molecular flexibility index (Phi) is 6.17. The van der Waals surface area contributed by atoms with Crippen molar-refractivity contribution in [1.82, 2.24) is 20.3 Å². The molecule has 2 N–H and O–H groups in total. The molecule has 0 saturated heterocycles.